The Morgan fingerprint density at radius 2 is 1.36 bits per heavy atom. The molecule has 0 aliphatic heterocycles. The van der Waals surface area contributed by atoms with Gasteiger partial charge in [-0.3, -0.25) is 14.3 Å². The number of pyridine rings is 1. The van der Waals surface area contributed by atoms with Crippen molar-refractivity contribution in [2.75, 3.05) is 10.0 Å². The molecule has 0 atom stereocenters. The lowest BCUT2D eigenvalue weighted by atomic mass is 10.2. The van der Waals surface area contributed by atoms with E-state index >= 15 is 0 Å². The summed E-state index contributed by atoms with van der Waals surface area (Å²) in [6.45, 7) is 0.328. The van der Waals surface area contributed by atoms with Gasteiger partial charge in [0.25, 0.3) is 21.5 Å². The number of hydrogen-bond donors (Lipinski definition) is 2. The molecule has 33 heavy (non-hydrogen) atoms. The largest absolute Gasteiger partial charge is 0.320 e. The lowest BCUT2D eigenvalue weighted by Gasteiger charge is -2.14. The maximum atomic E-state index is 12.9. The molecule has 2 N–H and O–H groups in total. The number of hydrogen-bond acceptors (Lipinski definition) is 4. The predicted octanol–water partition coefficient (Wildman–Crippen LogP) is 3.95. The normalized spacial score (nSPS) is 11.0. The summed E-state index contributed by atoms with van der Waals surface area (Å²) in [5, 5.41) is 2.73. The van der Waals surface area contributed by atoms with Crippen LogP contribution in [0, 0.1) is 0 Å². The number of sulfonamides is 1. The van der Waals surface area contributed by atoms with Crippen molar-refractivity contribution in [1.82, 2.24) is 4.57 Å². The first-order chi connectivity index (χ1) is 15.9. The van der Waals surface area contributed by atoms with Crippen molar-refractivity contribution in [3.05, 3.63) is 125 Å². The monoisotopic (exact) mass is 459 g/mol. The molecule has 0 saturated heterocycles. The molecule has 0 radical (unpaired) electrons. The van der Waals surface area contributed by atoms with E-state index in [-0.39, 0.29) is 21.7 Å². The molecule has 166 valence electrons. The summed E-state index contributed by atoms with van der Waals surface area (Å²) in [6.07, 6.45) is 1.49. The minimum Gasteiger partial charge on any atom is -0.320 e. The van der Waals surface area contributed by atoms with Crippen LogP contribution in [0.15, 0.2) is 113 Å². The Bertz CT molecular complexity index is 1430. The number of anilines is 2. The number of amides is 1. The van der Waals surface area contributed by atoms with Crippen molar-refractivity contribution in [2.24, 2.45) is 0 Å². The molecule has 7 nitrogen and oxygen atoms in total. The molecule has 1 aromatic heterocycles. The molecular weight excluding hydrogens is 438 g/mol. The molecule has 8 heteroatoms. The van der Waals surface area contributed by atoms with Gasteiger partial charge in [0.2, 0.25) is 0 Å². The van der Waals surface area contributed by atoms with Gasteiger partial charge in [-0.2, -0.15) is 0 Å². The van der Waals surface area contributed by atoms with Crippen LogP contribution in [0.1, 0.15) is 15.9 Å². The summed E-state index contributed by atoms with van der Waals surface area (Å²) in [4.78, 5) is 25.3. The summed E-state index contributed by atoms with van der Waals surface area (Å²) >= 11 is 0. The molecule has 0 fully saturated rings. The predicted molar refractivity (Wildman–Crippen MR) is 128 cm³/mol. The Morgan fingerprint density at radius 1 is 0.758 bits per heavy atom. The second-order valence-corrected chi connectivity index (χ2v) is 8.97. The van der Waals surface area contributed by atoms with Crippen LogP contribution >= 0.6 is 0 Å². The van der Waals surface area contributed by atoms with Crippen molar-refractivity contribution < 1.29 is 13.2 Å². The summed E-state index contributed by atoms with van der Waals surface area (Å²) in [5.41, 5.74) is 1.49. The molecule has 0 saturated carbocycles. The highest BCUT2D eigenvalue weighted by Crippen LogP contribution is 2.25. The molecule has 0 aliphatic rings. The van der Waals surface area contributed by atoms with Gasteiger partial charge in [-0.25, -0.2) is 8.42 Å². The van der Waals surface area contributed by atoms with Crippen molar-refractivity contribution in [3.63, 3.8) is 0 Å². The van der Waals surface area contributed by atoms with Crippen molar-refractivity contribution >= 4 is 27.3 Å². The molecule has 0 unspecified atom stereocenters. The number of carbonyl (C=O) groups is 1. The van der Waals surface area contributed by atoms with E-state index < -0.39 is 15.9 Å². The van der Waals surface area contributed by atoms with Crippen LogP contribution < -0.4 is 15.6 Å². The van der Waals surface area contributed by atoms with Gasteiger partial charge in [0, 0.05) is 12.3 Å². The first-order valence-electron chi connectivity index (χ1n) is 10.1. The van der Waals surface area contributed by atoms with Gasteiger partial charge < -0.3 is 9.88 Å². The van der Waals surface area contributed by atoms with Crippen LogP contribution in [-0.2, 0) is 16.6 Å². The van der Waals surface area contributed by atoms with Crippen LogP contribution in [0.3, 0.4) is 0 Å². The smallest absolute Gasteiger partial charge is 0.261 e. The fourth-order valence-electron chi connectivity index (χ4n) is 3.25. The quantitative estimate of drug-likeness (QED) is 0.437. The van der Waals surface area contributed by atoms with Crippen LogP contribution in [0.5, 0.6) is 0 Å². The number of nitrogens with one attached hydrogen (secondary N) is 2. The minimum atomic E-state index is -3.83. The van der Waals surface area contributed by atoms with E-state index in [1.165, 1.54) is 35.0 Å². The Labute approximate surface area is 191 Å². The molecule has 0 bridgehead atoms. The molecule has 1 heterocycles. The van der Waals surface area contributed by atoms with E-state index in [2.05, 4.69) is 10.0 Å². The number of aromatic nitrogens is 1. The first kappa shape index (κ1) is 22.0. The van der Waals surface area contributed by atoms with E-state index in [0.29, 0.717) is 12.2 Å². The molecule has 0 aliphatic carbocycles. The third-order valence-electron chi connectivity index (χ3n) is 4.91. The lowest BCUT2D eigenvalue weighted by Crippen LogP contribution is -2.23. The third-order valence-corrected chi connectivity index (χ3v) is 6.30. The van der Waals surface area contributed by atoms with Crippen LogP contribution in [-0.4, -0.2) is 18.9 Å². The fraction of sp³-hybridized carbons (Fsp3) is 0.0400. The summed E-state index contributed by atoms with van der Waals surface area (Å²) in [7, 11) is -3.83. The summed E-state index contributed by atoms with van der Waals surface area (Å²) in [5.74, 6) is -0.469. The number of para-hydroxylation sites is 2. The average Bonchev–Trinajstić information content (AvgIpc) is 2.83. The molecule has 3 aromatic carbocycles. The molecule has 1 amide bonds. The Hall–Kier alpha value is -4.17. The van der Waals surface area contributed by atoms with E-state index in [0.717, 1.165) is 5.56 Å². The summed E-state index contributed by atoms with van der Waals surface area (Å²) in [6, 6.07) is 26.7. The Balaban J connectivity index is 1.56. The van der Waals surface area contributed by atoms with Crippen molar-refractivity contribution in [3.8, 4) is 0 Å². The average molecular weight is 460 g/mol. The van der Waals surface area contributed by atoms with Gasteiger partial charge in [0.05, 0.1) is 28.4 Å². The highest BCUT2D eigenvalue weighted by molar-refractivity contribution is 7.92. The zero-order valence-corrected chi connectivity index (χ0v) is 18.3. The fourth-order valence-corrected chi connectivity index (χ4v) is 4.35. The van der Waals surface area contributed by atoms with Gasteiger partial charge in [0.1, 0.15) is 0 Å². The topological polar surface area (TPSA) is 97.3 Å². The van der Waals surface area contributed by atoms with Gasteiger partial charge in [-0.1, -0.05) is 60.7 Å². The van der Waals surface area contributed by atoms with Gasteiger partial charge in [-0.05, 0) is 35.9 Å². The number of nitrogens with zero attached hydrogens (tertiary/aromatic N) is 1. The van der Waals surface area contributed by atoms with Crippen molar-refractivity contribution in [1.29, 1.82) is 0 Å². The lowest BCUT2D eigenvalue weighted by molar-refractivity contribution is 0.102. The maximum absolute atomic E-state index is 12.9. The maximum Gasteiger partial charge on any atom is 0.261 e. The van der Waals surface area contributed by atoms with E-state index in [4.69, 9.17) is 0 Å². The molecule has 4 aromatic rings. The zero-order valence-electron chi connectivity index (χ0n) is 17.5. The highest BCUT2D eigenvalue weighted by Gasteiger charge is 2.17. The van der Waals surface area contributed by atoms with Gasteiger partial charge >= 0.3 is 0 Å². The van der Waals surface area contributed by atoms with Crippen LogP contribution in [0.25, 0.3) is 0 Å². The number of benzene rings is 3. The zero-order chi connectivity index (χ0) is 23.3. The van der Waals surface area contributed by atoms with Gasteiger partial charge in [-0.15, -0.1) is 0 Å². The second kappa shape index (κ2) is 9.54. The number of carbonyl (C=O) groups excluding carboxylic acids is 1. The third kappa shape index (κ3) is 5.36. The minimum absolute atomic E-state index is 0.110. The SMILES string of the molecule is O=C(Nc1ccccc1NS(=O)(=O)c1ccccc1)c1ccc(=O)n(Cc2ccccc2)c1. The molecular formula is C25H21N3O4S. The highest BCUT2D eigenvalue weighted by atomic mass is 32.2. The van der Waals surface area contributed by atoms with E-state index in [1.807, 2.05) is 30.3 Å². The Kier molecular flexibility index (Phi) is 6.37. The van der Waals surface area contributed by atoms with Crippen molar-refractivity contribution in [2.45, 2.75) is 11.4 Å². The van der Waals surface area contributed by atoms with Crippen LogP contribution in [0.4, 0.5) is 11.4 Å². The van der Waals surface area contributed by atoms with E-state index in [1.54, 1.807) is 42.5 Å². The number of rotatable bonds is 7. The summed E-state index contributed by atoms with van der Waals surface area (Å²) < 4.78 is 29.4. The van der Waals surface area contributed by atoms with Crippen LogP contribution in [0.2, 0.25) is 0 Å². The molecule has 0 spiro atoms. The van der Waals surface area contributed by atoms with Gasteiger partial charge in [0.15, 0.2) is 0 Å². The molecule has 4 rings (SSSR count). The standard InChI is InChI=1S/C25H21N3O4S/c29-24-16-15-20(18-28(24)17-19-9-3-1-4-10-19)25(30)26-22-13-7-8-14-23(22)27-33(31,32)21-11-5-2-6-12-21/h1-16,18,27H,17H2,(H,26,30). The first-order valence-corrected chi connectivity index (χ1v) is 11.6. The van der Waals surface area contributed by atoms with E-state index in [9.17, 15) is 18.0 Å². The Morgan fingerprint density at radius 3 is 2.06 bits per heavy atom. The second-order valence-electron chi connectivity index (χ2n) is 7.29.